The molecule has 1 aliphatic rings. The molecule has 3 rings (SSSR count). The van der Waals surface area contributed by atoms with E-state index in [1.807, 2.05) is 29.7 Å². The van der Waals surface area contributed by atoms with Crippen LogP contribution < -0.4 is 4.90 Å². The lowest BCUT2D eigenvalue weighted by atomic mass is 10.0. The van der Waals surface area contributed by atoms with Gasteiger partial charge in [-0.25, -0.2) is 0 Å². The van der Waals surface area contributed by atoms with Gasteiger partial charge in [0.25, 0.3) is 0 Å². The maximum atomic E-state index is 11.3. The third-order valence-corrected chi connectivity index (χ3v) is 4.71. The lowest BCUT2D eigenvalue weighted by molar-refractivity contribution is 0.101. The molecule has 19 heavy (non-hydrogen) atoms. The van der Waals surface area contributed by atoms with Gasteiger partial charge in [0.05, 0.1) is 17.9 Å². The molecule has 0 bridgehead atoms. The minimum absolute atomic E-state index is 0.0124. The van der Waals surface area contributed by atoms with Gasteiger partial charge < -0.3 is 4.90 Å². The summed E-state index contributed by atoms with van der Waals surface area (Å²) in [6, 6.07) is 6.40. The first-order valence-electron chi connectivity index (χ1n) is 6.46. The molecule has 4 heteroatoms. The number of rotatable bonds is 2. The molecule has 0 aliphatic carbocycles. The van der Waals surface area contributed by atoms with E-state index in [9.17, 15) is 4.79 Å². The predicted octanol–water partition coefficient (Wildman–Crippen LogP) is 3.47. The topological polar surface area (TPSA) is 33.2 Å². The fourth-order valence-corrected chi connectivity index (χ4v) is 3.59. The average Bonchev–Trinajstić information content (AvgIpc) is 2.88. The summed E-state index contributed by atoms with van der Waals surface area (Å²) < 4.78 is 0. The lowest BCUT2D eigenvalue weighted by Gasteiger charge is -2.35. The zero-order chi connectivity index (χ0) is 13.4. The van der Waals surface area contributed by atoms with Crippen LogP contribution in [0.1, 0.15) is 40.8 Å². The third-order valence-electron chi connectivity index (χ3n) is 3.72. The van der Waals surface area contributed by atoms with Crippen LogP contribution in [-0.2, 0) is 6.42 Å². The molecule has 0 radical (unpaired) electrons. The lowest BCUT2D eigenvalue weighted by Crippen LogP contribution is -2.33. The highest BCUT2D eigenvalue weighted by atomic mass is 32.1. The number of pyridine rings is 1. The molecular formula is C15H16N2OS. The summed E-state index contributed by atoms with van der Waals surface area (Å²) in [6.07, 6.45) is 2.90. The Morgan fingerprint density at radius 3 is 2.95 bits per heavy atom. The van der Waals surface area contributed by atoms with Gasteiger partial charge in [-0.1, -0.05) is 0 Å². The molecule has 0 N–H and O–H groups in total. The standard InChI is InChI=1S/C15H16N2OS/c1-10-13-6-8-19-15(13)5-7-17(10)12-3-4-14(11(2)18)16-9-12/h3-4,6,8-10H,5,7H2,1-2H3. The highest BCUT2D eigenvalue weighted by molar-refractivity contribution is 7.10. The molecule has 3 heterocycles. The van der Waals surface area contributed by atoms with Crippen LogP contribution in [0.25, 0.3) is 0 Å². The minimum atomic E-state index is 0.0124. The largest absolute Gasteiger partial charge is 0.363 e. The van der Waals surface area contributed by atoms with Crippen LogP contribution >= 0.6 is 11.3 Å². The van der Waals surface area contributed by atoms with E-state index in [-0.39, 0.29) is 5.78 Å². The molecule has 98 valence electrons. The summed E-state index contributed by atoms with van der Waals surface area (Å²) in [5, 5.41) is 2.17. The van der Waals surface area contributed by atoms with Crippen molar-refractivity contribution >= 4 is 22.8 Å². The number of hydrogen-bond donors (Lipinski definition) is 0. The van der Waals surface area contributed by atoms with E-state index in [1.54, 1.807) is 6.92 Å². The van der Waals surface area contributed by atoms with Gasteiger partial charge in [-0.3, -0.25) is 9.78 Å². The molecule has 0 fully saturated rings. The number of thiophene rings is 1. The first-order chi connectivity index (χ1) is 9.16. The number of nitrogens with zero attached hydrogens (tertiary/aromatic N) is 2. The summed E-state index contributed by atoms with van der Waals surface area (Å²) in [5.74, 6) is 0.0124. The van der Waals surface area contributed by atoms with Crippen LogP contribution in [0, 0.1) is 0 Å². The predicted molar refractivity (Wildman–Crippen MR) is 78.0 cm³/mol. The van der Waals surface area contributed by atoms with Crippen LogP contribution in [-0.4, -0.2) is 17.3 Å². The van der Waals surface area contributed by atoms with Gasteiger partial charge >= 0.3 is 0 Å². The molecule has 0 saturated heterocycles. The summed E-state index contributed by atoms with van der Waals surface area (Å²) >= 11 is 1.85. The fourth-order valence-electron chi connectivity index (χ4n) is 2.63. The van der Waals surface area contributed by atoms with Gasteiger partial charge in [-0.2, -0.15) is 0 Å². The summed E-state index contributed by atoms with van der Waals surface area (Å²) in [7, 11) is 0. The Morgan fingerprint density at radius 2 is 2.26 bits per heavy atom. The summed E-state index contributed by atoms with van der Waals surface area (Å²) in [6.45, 7) is 4.78. The van der Waals surface area contributed by atoms with Crippen molar-refractivity contribution in [3.8, 4) is 0 Å². The number of anilines is 1. The zero-order valence-corrected chi connectivity index (χ0v) is 11.9. The maximum absolute atomic E-state index is 11.3. The molecule has 1 aliphatic heterocycles. The number of Topliss-reactive ketones (excluding diaryl/α,β-unsaturated/α-hetero) is 1. The molecule has 0 aromatic carbocycles. The van der Waals surface area contributed by atoms with Crippen molar-refractivity contribution in [3.05, 3.63) is 45.9 Å². The summed E-state index contributed by atoms with van der Waals surface area (Å²) in [5.41, 5.74) is 3.05. The molecular weight excluding hydrogens is 256 g/mol. The van der Waals surface area contributed by atoms with E-state index in [2.05, 4.69) is 28.3 Å². The Balaban J connectivity index is 1.89. The molecule has 0 spiro atoms. The molecule has 3 nitrogen and oxygen atoms in total. The SMILES string of the molecule is CC(=O)c1ccc(N2CCc3sccc3C2C)cn1. The molecule has 1 unspecified atom stereocenters. The van der Waals surface area contributed by atoms with Crippen LogP contribution in [0.2, 0.25) is 0 Å². The molecule has 2 aromatic heterocycles. The second kappa shape index (κ2) is 4.78. The quantitative estimate of drug-likeness (QED) is 0.785. The van der Waals surface area contributed by atoms with Crippen molar-refractivity contribution in [2.45, 2.75) is 26.3 Å². The van der Waals surface area contributed by atoms with E-state index in [1.165, 1.54) is 10.4 Å². The Kier molecular flexibility index (Phi) is 3.11. The Bertz CT molecular complexity index is 603. The minimum Gasteiger partial charge on any atom is -0.363 e. The van der Waals surface area contributed by atoms with Crippen molar-refractivity contribution in [2.75, 3.05) is 11.4 Å². The number of aromatic nitrogens is 1. The Labute approximate surface area is 116 Å². The number of carbonyl (C=O) groups excluding carboxylic acids is 1. The second-order valence-corrected chi connectivity index (χ2v) is 5.88. The van der Waals surface area contributed by atoms with E-state index < -0.39 is 0 Å². The normalized spacial score (nSPS) is 18.2. The van der Waals surface area contributed by atoms with E-state index >= 15 is 0 Å². The van der Waals surface area contributed by atoms with E-state index in [0.29, 0.717) is 11.7 Å². The van der Waals surface area contributed by atoms with Crippen molar-refractivity contribution in [1.82, 2.24) is 4.98 Å². The number of carbonyl (C=O) groups is 1. The third kappa shape index (κ3) is 2.16. The van der Waals surface area contributed by atoms with Gasteiger partial charge in [-0.05, 0) is 42.5 Å². The second-order valence-electron chi connectivity index (χ2n) is 4.88. The first-order valence-corrected chi connectivity index (χ1v) is 7.34. The number of fused-ring (bicyclic) bond motifs is 1. The smallest absolute Gasteiger partial charge is 0.178 e. The van der Waals surface area contributed by atoms with Gasteiger partial charge in [0.2, 0.25) is 0 Å². The van der Waals surface area contributed by atoms with Crippen molar-refractivity contribution in [1.29, 1.82) is 0 Å². The van der Waals surface area contributed by atoms with Crippen LogP contribution in [0.3, 0.4) is 0 Å². The summed E-state index contributed by atoms with van der Waals surface area (Å²) in [4.78, 5) is 19.3. The first kappa shape index (κ1) is 12.4. The number of hydrogen-bond acceptors (Lipinski definition) is 4. The Morgan fingerprint density at radius 1 is 1.42 bits per heavy atom. The van der Waals surface area contributed by atoms with E-state index in [0.717, 1.165) is 18.7 Å². The molecule has 1 atom stereocenters. The van der Waals surface area contributed by atoms with Crippen molar-refractivity contribution in [2.24, 2.45) is 0 Å². The molecule has 0 amide bonds. The van der Waals surface area contributed by atoms with E-state index in [4.69, 9.17) is 0 Å². The Hall–Kier alpha value is -1.68. The van der Waals surface area contributed by atoms with Crippen molar-refractivity contribution in [3.63, 3.8) is 0 Å². The number of ketones is 1. The van der Waals surface area contributed by atoms with Crippen LogP contribution in [0.5, 0.6) is 0 Å². The fraction of sp³-hybridized carbons (Fsp3) is 0.333. The average molecular weight is 272 g/mol. The molecule has 2 aromatic rings. The maximum Gasteiger partial charge on any atom is 0.178 e. The van der Waals surface area contributed by atoms with Crippen LogP contribution in [0.4, 0.5) is 5.69 Å². The van der Waals surface area contributed by atoms with Gasteiger partial charge in [0.1, 0.15) is 5.69 Å². The van der Waals surface area contributed by atoms with Gasteiger partial charge in [-0.15, -0.1) is 11.3 Å². The highest BCUT2D eigenvalue weighted by Gasteiger charge is 2.25. The molecule has 0 saturated carbocycles. The highest BCUT2D eigenvalue weighted by Crippen LogP contribution is 2.35. The van der Waals surface area contributed by atoms with Gasteiger partial charge in [0.15, 0.2) is 5.78 Å². The zero-order valence-electron chi connectivity index (χ0n) is 11.1. The van der Waals surface area contributed by atoms with Crippen LogP contribution in [0.15, 0.2) is 29.8 Å². The van der Waals surface area contributed by atoms with Crippen molar-refractivity contribution < 1.29 is 4.79 Å². The van der Waals surface area contributed by atoms with Gasteiger partial charge in [0, 0.05) is 18.3 Å². The monoisotopic (exact) mass is 272 g/mol.